The average molecular weight is 406 g/mol. The summed E-state index contributed by atoms with van der Waals surface area (Å²) >= 11 is 0. The number of carbonyl (C=O) groups is 1. The Morgan fingerprint density at radius 3 is 2.36 bits per heavy atom. The number of aryl methyl sites for hydroxylation is 1. The number of sulfonamides is 1. The molecule has 0 spiro atoms. The summed E-state index contributed by atoms with van der Waals surface area (Å²) in [5.41, 5.74) is 1.26. The number of aromatic hydroxyl groups is 1. The van der Waals surface area contributed by atoms with Crippen molar-refractivity contribution >= 4 is 21.7 Å². The second-order valence-corrected chi connectivity index (χ2v) is 8.46. The third-order valence-electron chi connectivity index (χ3n) is 4.75. The van der Waals surface area contributed by atoms with Crippen molar-refractivity contribution < 1.29 is 28.2 Å². The topological polar surface area (TPSA) is 107 Å². The van der Waals surface area contributed by atoms with E-state index in [1.165, 1.54) is 23.5 Å². The van der Waals surface area contributed by atoms with Crippen LogP contribution in [-0.4, -0.2) is 62.2 Å². The fourth-order valence-electron chi connectivity index (χ4n) is 3.20. The highest BCUT2D eigenvalue weighted by Gasteiger charge is 2.31. The van der Waals surface area contributed by atoms with Gasteiger partial charge in [-0.3, -0.25) is 0 Å². The van der Waals surface area contributed by atoms with E-state index in [-0.39, 0.29) is 29.3 Å². The maximum Gasteiger partial charge on any atom is 0.339 e. The van der Waals surface area contributed by atoms with Gasteiger partial charge >= 0.3 is 5.97 Å². The van der Waals surface area contributed by atoms with E-state index in [1.54, 1.807) is 24.3 Å². The third-order valence-corrected chi connectivity index (χ3v) is 6.67. The highest BCUT2D eigenvalue weighted by Crippen LogP contribution is 2.30. The molecule has 0 amide bonds. The smallest absolute Gasteiger partial charge is 0.339 e. The van der Waals surface area contributed by atoms with Crippen molar-refractivity contribution in [2.24, 2.45) is 0 Å². The fraction of sp³-hybridized carbons (Fsp3) is 0.316. The van der Waals surface area contributed by atoms with E-state index >= 15 is 0 Å². The number of carboxylic acid groups (broad SMARTS) is 1. The van der Waals surface area contributed by atoms with E-state index in [9.17, 15) is 18.3 Å². The number of methoxy groups -OCH3 is 1. The van der Waals surface area contributed by atoms with Crippen LogP contribution in [0.15, 0.2) is 41.3 Å². The maximum atomic E-state index is 13.1. The van der Waals surface area contributed by atoms with E-state index in [0.29, 0.717) is 24.5 Å². The molecule has 2 N–H and O–H groups in total. The number of carboxylic acids is 1. The molecule has 0 atom stereocenters. The third kappa shape index (κ3) is 3.76. The van der Waals surface area contributed by atoms with Crippen molar-refractivity contribution in [2.75, 3.05) is 38.2 Å². The minimum absolute atomic E-state index is 0.140. The molecule has 9 heteroatoms. The molecule has 28 heavy (non-hydrogen) atoms. The minimum Gasteiger partial charge on any atom is -0.507 e. The van der Waals surface area contributed by atoms with Crippen molar-refractivity contribution in [2.45, 2.75) is 11.8 Å². The van der Waals surface area contributed by atoms with Crippen LogP contribution in [0, 0.1) is 6.92 Å². The predicted molar refractivity (Wildman–Crippen MR) is 104 cm³/mol. The lowest BCUT2D eigenvalue weighted by Gasteiger charge is -2.35. The highest BCUT2D eigenvalue weighted by molar-refractivity contribution is 7.89. The van der Waals surface area contributed by atoms with Gasteiger partial charge in [0.15, 0.2) is 0 Å². The van der Waals surface area contributed by atoms with Crippen LogP contribution < -0.4 is 9.64 Å². The zero-order valence-electron chi connectivity index (χ0n) is 15.6. The molecule has 1 aliphatic heterocycles. The zero-order chi connectivity index (χ0) is 20.5. The van der Waals surface area contributed by atoms with Crippen LogP contribution >= 0.6 is 0 Å². The number of hydrogen-bond acceptors (Lipinski definition) is 6. The Hall–Kier alpha value is -2.78. The second kappa shape index (κ2) is 7.69. The van der Waals surface area contributed by atoms with E-state index in [4.69, 9.17) is 9.84 Å². The Bertz CT molecular complexity index is 997. The van der Waals surface area contributed by atoms with Crippen molar-refractivity contribution in [3.8, 4) is 11.5 Å². The van der Waals surface area contributed by atoms with Crippen molar-refractivity contribution in [3.63, 3.8) is 0 Å². The molecule has 0 aromatic heterocycles. The van der Waals surface area contributed by atoms with Crippen LogP contribution in [0.4, 0.5) is 5.69 Å². The lowest BCUT2D eigenvalue weighted by Crippen LogP contribution is -2.48. The number of ether oxygens (including phenoxy) is 1. The monoisotopic (exact) mass is 406 g/mol. The van der Waals surface area contributed by atoms with Crippen LogP contribution in [0.5, 0.6) is 11.5 Å². The molecular weight excluding hydrogens is 384 g/mol. The van der Waals surface area contributed by atoms with Crippen molar-refractivity contribution in [1.82, 2.24) is 4.31 Å². The normalized spacial score (nSPS) is 15.4. The van der Waals surface area contributed by atoms with Gasteiger partial charge in [0.2, 0.25) is 10.0 Å². The highest BCUT2D eigenvalue weighted by atomic mass is 32.2. The lowest BCUT2D eigenvalue weighted by molar-refractivity contribution is 0.0693. The van der Waals surface area contributed by atoms with Gasteiger partial charge in [-0.1, -0.05) is 6.07 Å². The summed E-state index contributed by atoms with van der Waals surface area (Å²) in [6, 6.07) is 9.38. The molecule has 3 rings (SSSR count). The summed E-state index contributed by atoms with van der Waals surface area (Å²) in [6.07, 6.45) is 0. The van der Waals surface area contributed by atoms with Crippen LogP contribution in [0.3, 0.4) is 0 Å². The standard InChI is InChI=1S/C19H22N2O6S/c1-13-3-6-17(27-2)18(11-13)28(25,26)21-9-7-20(8-10-21)14-4-5-16(22)15(12-14)19(23)24/h3-6,11-12,22H,7-10H2,1-2H3,(H,23,24). The Kier molecular flexibility index (Phi) is 5.48. The van der Waals surface area contributed by atoms with Crippen LogP contribution in [0.2, 0.25) is 0 Å². The van der Waals surface area contributed by atoms with E-state index in [0.717, 1.165) is 5.56 Å². The molecule has 0 bridgehead atoms. The first-order valence-electron chi connectivity index (χ1n) is 8.70. The van der Waals surface area contributed by atoms with Gasteiger partial charge in [0.25, 0.3) is 0 Å². The molecule has 150 valence electrons. The largest absolute Gasteiger partial charge is 0.507 e. The summed E-state index contributed by atoms with van der Waals surface area (Å²) in [7, 11) is -2.28. The quantitative estimate of drug-likeness (QED) is 0.781. The predicted octanol–water partition coefficient (Wildman–Crippen LogP) is 1.92. The summed E-state index contributed by atoms with van der Waals surface area (Å²) in [6.45, 7) is 3.13. The Morgan fingerprint density at radius 2 is 1.75 bits per heavy atom. The molecule has 0 saturated carbocycles. The summed E-state index contributed by atoms with van der Waals surface area (Å²) in [5.74, 6) is -1.21. The molecule has 0 aliphatic carbocycles. The van der Waals surface area contributed by atoms with Crippen LogP contribution in [0.25, 0.3) is 0 Å². The van der Waals surface area contributed by atoms with Gasteiger partial charge in [0, 0.05) is 31.9 Å². The van der Waals surface area contributed by atoms with Gasteiger partial charge in [0.05, 0.1) is 7.11 Å². The van der Waals surface area contributed by atoms with Gasteiger partial charge < -0.3 is 19.8 Å². The number of rotatable bonds is 5. The fourth-order valence-corrected chi connectivity index (χ4v) is 4.87. The molecule has 8 nitrogen and oxygen atoms in total. The van der Waals surface area contributed by atoms with Gasteiger partial charge in [-0.25, -0.2) is 13.2 Å². The summed E-state index contributed by atoms with van der Waals surface area (Å²) in [5, 5.41) is 18.8. The second-order valence-electron chi connectivity index (χ2n) is 6.55. The van der Waals surface area contributed by atoms with Gasteiger partial charge in [0.1, 0.15) is 22.0 Å². The van der Waals surface area contributed by atoms with Gasteiger partial charge in [-0.15, -0.1) is 0 Å². The first-order valence-corrected chi connectivity index (χ1v) is 10.1. The lowest BCUT2D eigenvalue weighted by atomic mass is 10.1. The number of benzene rings is 2. The molecular formula is C19H22N2O6S. The number of piperazine rings is 1. The molecule has 1 aliphatic rings. The van der Waals surface area contributed by atoms with Gasteiger partial charge in [-0.05, 0) is 42.8 Å². The van der Waals surface area contributed by atoms with E-state index in [1.807, 2.05) is 11.8 Å². The number of anilines is 1. The SMILES string of the molecule is COc1ccc(C)cc1S(=O)(=O)N1CCN(c2ccc(O)c(C(=O)O)c2)CC1. The molecule has 0 radical (unpaired) electrons. The molecule has 1 saturated heterocycles. The van der Waals surface area contributed by atoms with Crippen molar-refractivity contribution in [3.05, 3.63) is 47.5 Å². The summed E-state index contributed by atoms with van der Waals surface area (Å²) in [4.78, 5) is 13.2. The first kappa shape index (κ1) is 20.0. The zero-order valence-corrected chi connectivity index (χ0v) is 16.4. The average Bonchev–Trinajstić information content (AvgIpc) is 2.68. The minimum atomic E-state index is -3.71. The maximum absolute atomic E-state index is 13.1. The Balaban J connectivity index is 1.80. The van der Waals surface area contributed by atoms with Crippen LogP contribution in [-0.2, 0) is 10.0 Å². The molecule has 2 aromatic carbocycles. The first-order chi connectivity index (χ1) is 13.2. The molecule has 1 fully saturated rings. The number of nitrogens with zero attached hydrogens (tertiary/aromatic N) is 2. The van der Waals surface area contributed by atoms with Gasteiger partial charge in [-0.2, -0.15) is 4.31 Å². The van der Waals surface area contributed by atoms with Crippen molar-refractivity contribution in [1.29, 1.82) is 0 Å². The number of phenols is 1. The number of hydrogen-bond donors (Lipinski definition) is 2. The van der Waals surface area contributed by atoms with Crippen LogP contribution in [0.1, 0.15) is 15.9 Å². The Labute approximate surface area is 163 Å². The molecule has 2 aromatic rings. The summed E-state index contributed by atoms with van der Waals surface area (Å²) < 4.78 is 32.8. The van der Waals surface area contributed by atoms with E-state index in [2.05, 4.69) is 0 Å². The Morgan fingerprint density at radius 1 is 1.07 bits per heavy atom. The molecule has 0 unspecified atom stereocenters. The van der Waals surface area contributed by atoms with E-state index < -0.39 is 16.0 Å². The number of aromatic carboxylic acids is 1. The molecule has 1 heterocycles.